The lowest BCUT2D eigenvalue weighted by Crippen LogP contribution is -2.27. The third-order valence-corrected chi connectivity index (χ3v) is 4.38. The largest absolute Gasteiger partial charge is 0.477 e. The van der Waals surface area contributed by atoms with E-state index in [-0.39, 0.29) is 30.2 Å². The summed E-state index contributed by atoms with van der Waals surface area (Å²) in [7, 11) is 0. The van der Waals surface area contributed by atoms with Crippen molar-refractivity contribution in [3.8, 4) is 11.3 Å². The van der Waals surface area contributed by atoms with Crippen LogP contribution in [0.25, 0.3) is 11.3 Å². The van der Waals surface area contributed by atoms with Gasteiger partial charge in [0, 0.05) is 0 Å². The first-order valence-electron chi connectivity index (χ1n) is 8.74. The van der Waals surface area contributed by atoms with Crippen LogP contribution >= 0.6 is 0 Å². The molecule has 148 valence electrons. The van der Waals surface area contributed by atoms with E-state index in [1.54, 1.807) is 30.3 Å². The maximum absolute atomic E-state index is 14.0. The minimum atomic E-state index is -1.13. The number of aromatic nitrogens is 3. The van der Waals surface area contributed by atoms with Gasteiger partial charge in [-0.3, -0.25) is 0 Å². The summed E-state index contributed by atoms with van der Waals surface area (Å²) in [6, 6.07) is 11.9. The van der Waals surface area contributed by atoms with E-state index in [0.29, 0.717) is 11.4 Å². The van der Waals surface area contributed by atoms with Crippen molar-refractivity contribution in [2.24, 2.45) is 0 Å². The Kier molecular flexibility index (Phi) is 5.24. The van der Waals surface area contributed by atoms with E-state index in [1.165, 1.54) is 12.1 Å². The molecule has 1 aliphatic rings. The lowest BCUT2D eigenvalue weighted by molar-refractivity contribution is -0.145. The van der Waals surface area contributed by atoms with Crippen LogP contribution in [-0.2, 0) is 9.47 Å². The highest BCUT2D eigenvalue weighted by atomic mass is 19.1. The van der Waals surface area contributed by atoms with Crippen LogP contribution in [0.15, 0.2) is 48.5 Å². The predicted molar refractivity (Wildman–Crippen MR) is 96.0 cm³/mol. The van der Waals surface area contributed by atoms with E-state index < -0.39 is 30.1 Å². The SMILES string of the molecule is O=C(O)c1cccc(C2COCC(c3cccc(-c4ccc(F)nc4F)n3)O2)n1. The standard InChI is InChI=1S/C20H15F2N3O4/c21-18-8-7-11(19(22)25-18)12-3-1-4-13(23-12)16-9-28-10-17(29-16)14-5-2-6-15(24-14)20(26)27/h1-8,16-17H,9-10H2,(H,26,27). The Morgan fingerprint density at radius 3 is 2.31 bits per heavy atom. The van der Waals surface area contributed by atoms with Gasteiger partial charge in [-0.05, 0) is 36.4 Å². The quantitative estimate of drug-likeness (QED) is 0.673. The monoisotopic (exact) mass is 399 g/mol. The van der Waals surface area contributed by atoms with Gasteiger partial charge in [0.15, 0.2) is 0 Å². The van der Waals surface area contributed by atoms with Crippen LogP contribution in [0.5, 0.6) is 0 Å². The number of carboxylic acids is 1. The second-order valence-corrected chi connectivity index (χ2v) is 6.32. The van der Waals surface area contributed by atoms with Crippen molar-refractivity contribution in [1.29, 1.82) is 0 Å². The first-order chi connectivity index (χ1) is 14.0. The Labute approximate surface area is 164 Å². The van der Waals surface area contributed by atoms with Crippen LogP contribution in [0.1, 0.15) is 34.1 Å². The van der Waals surface area contributed by atoms with Gasteiger partial charge in [0.1, 0.15) is 17.9 Å². The minimum Gasteiger partial charge on any atom is -0.477 e. The van der Waals surface area contributed by atoms with Crippen molar-refractivity contribution in [1.82, 2.24) is 15.0 Å². The van der Waals surface area contributed by atoms with Crippen LogP contribution in [0.3, 0.4) is 0 Å². The third kappa shape index (κ3) is 4.10. The molecule has 3 aromatic heterocycles. The predicted octanol–water partition coefficient (Wildman–Crippen LogP) is 3.34. The van der Waals surface area contributed by atoms with Crippen molar-refractivity contribution in [3.63, 3.8) is 0 Å². The molecule has 7 nitrogen and oxygen atoms in total. The normalized spacial score (nSPS) is 19.1. The number of hydrogen-bond acceptors (Lipinski definition) is 6. The molecule has 4 heterocycles. The molecule has 0 aliphatic carbocycles. The zero-order valence-corrected chi connectivity index (χ0v) is 15.0. The molecule has 0 radical (unpaired) electrons. The fourth-order valence-corrected chi connectivity index (χ4v) is 3.00. The molecule has 3 aromatic rings. The Hall–Kier alpha value is -3.30. The summed E-state index contributed by atoms with van der Waals surface area (Å²) in [6.07, 6.45) is -1.15. The van der Waals surface area contributed by atoms with E-state index in [1.807, 2.05) is 0 Å². The summed E-state index contributed by atoms with van der Waals surface area (Å²) in [6.45, 7) is 0.429. The molecule has 1 saturated heterocycles. The minimum absolute atomic E-state index is 0.0670. The van der Waals surface area contributed by atoms with Gasteiger partial charge in [-0.2, -0.15) is 13.8 Å². The molecule has 9 heteroatoms. The van der Waals surface area contributed by atoms with Crippen LogP contribution in [0, 0.1) is 11.9 Å². The Morgan fingerprint density at radius 2 is 1.62 bits per heavy atom. The smallest absolute Gasteiger partial charge is 0.354 e. The fourth-order valence-electron chi connectivity index (χ4n) is 3.00. The molecule has 0 spiro atoms. The lowest BCUT2D eigenvalue weighted by Gasteiger charge is -2.29. The average Bonchev–Trinajstić information content (AvgIpc) is 2.74. The van der Waals surface area contributed by atoms with Gasteiger partial charge in [0.2, 0.25) is 11.9 Å². The van der Waals surface area contributed by atoms with Gasteiger partial charge in [0.05, 0.1) is 35.9 Å². The maximum Gasteiger partial charge on any atom is 0.354 e. The number of aromatic carboxylic acids is 1. The second-order valence-electron chi connectivity index (χ2n) is 6.32. The number of carboxylic acid groups (broad SMARTS) is 1. The van der Waals surface area contributed by atoms with Crippen LogP contribution in [0.4, 0.5) is 8.78 Å². The highest BCUT2D eigenvalue weighted by molar-refractivity contribution is 5.85. The number of pyridine rings is 3. The highest BCUT2D eigenvalue weighted by Gasteiger charge is 2.28. The molecule has 1 fully saturated rings. The summed E-state index contributed by atoms with van der Waals surface area (Å²) >= 11 is 0. The summed E-state index contributed by atoms with van der Waals surface area (Å²) < 4.78 is 38.7. The van der Waals surface area contributed by atoms with E-state index in [2.05, 4.69) is 15.0 Å². The molecular weight excluding hydrogens is 384 g/mol. The molecule has 0 amide bonds. The Bertz CT molecular complexity index is 1060. The topological polar surface area (TPSA) is 94.4 Å². The van der Waals surface area contributed by atoms with Crippen molar-refractivity contribution < 1.29 is 28.2 Å². The first-order valence-corrected chi connectivity index (χ1v) is 8.74. The molecule has 0 aromatic carbocycles. The van der Waals surface area contributed by atoms with E-state index >= 15 is 0 Å². The molecule has 29 heavy (non-hydrogen) atoms. The number of ether oxygens (including phenoxy) is 2. The summed E-state index contributed by atoms with van der Waals surface area (Å²) in [5.41, 5.74) is 1.18. The summed E-state index contributed by atoms with van der Waals surface area (Å²) in [4.78, 5) is 22.8. The van der Waals surface area contributed by atoms with Gasteiger partial charge < -0.3 is 14.6 Å². The summed E-state index contributed by atoms with van der Waals surface area (Å²) in [5.74, 6) is -3.00. The number of carbonyl (C=O) groups is 1. The molecule has 2 unspecified atom stereocenters. The molecule has 2 atom stereocenters. The molecule has 1 N–H and O–H groups in total. The number of rotatable bonds is 4. The molecule has 0 saturated carbocycles. The van der Waals surface area contributed by atoms with Gasteiger partial charge >= 0.3 is 5.97 Å². The number of halogens is 2. The average molecular weight is 399 g/mol. The molecule has 0 bridgehead atoms. The van der Waals surface area contributed by atoms with E-state index in [4.69, 9.17) is 14.6 Å². The van der Waals surface area contributed by atoms with E-state index in [9.17, 15) is 13.6 Å². The third-order valence-electron chi connectivity index (χ3n) is 4.38. The van der Waals surface area contributed by atoms with E-state index in [0.717, 1.165) is 6.07 Å². The zero-order valence-electron chi connectivity index (χ0n) is 15.0. The van der Waals surface area contributed by atoms with Crippen molar-refractivity contribution >= 4 is 5.97 Å². The maximum atomic E-state index is 14.0. The van der Waals surface area contributed by atoms with Crippen molar-refractivity contribution in [2.45, 2.75) is 12.2 Å². The highest BCUT2D eigenvalue weighted by Crippen LogP contribution is 2.31. The Morgan fingerprint density at radius 1 is 0.931 bits per heavy atom. The molecule has 4 rings (SSSR count). The van der Waals surface area contributed by atoms with Crippen LogP contribution < -0.4 is 0 Å². The van der Waals surface area contributed by atoms with Crippen molar-refractivity contribution in [2.75, 3.05) is 13.2 Å². The summed E-state index contributed by atoms with van der Waals surface area (Å²) in [5, 5.41) is 9.11. The fraction of sp³-hybridized carbons (Fsp3) is 0.200. The van der Waals surface area contributed by atoms with Gasteiger partial charge in [-0.25, -0.2) is 14.8 Å². The molecular formula is C20H15F2N3O4. The Balaban J connectivity index is 1.59. The lowest BCUT2D eigenvalue weighted by atomic mass is 10.1. The van der Waals surface area contributed by atoms with Gasteiger partial charge in [-0.15, -0.1) is 0 Å². The first kappa shape index (κ1) is 19.0. The number of hydrogen-bond donors (Lipinski definition) is 1. The van der Waals surface area contributed by atoms with Crippen molar-refractivity contribution in [3.05, 3.63) is 77.5 Å². The number of nitrogens with zero attached hydrogens (tertiary/aromatic N) is 3. The van der Waals surface area contributed by atoms with Crippen LogP contribution in [-0.4, -0.2) is 39.2 Å². The second kappa shape index (κ2) is 7.98. The molecule has 1 aliphatic heterocycles. The zero-order chi connectivity index (χ0) is 20.4. The van der Waals surface area contributed by atoms with Crippen LogP contribution in [0.2, 0.25) is 0 Å². The van der Waals surface area contributed by atoms with Gasteiger partial charge in [0.25, 0.3) is 0 Å². The van der Waals surface area contributed by atoms with Gasteiger partial charge in [-0.1, -0.05) is 12.1 Å².